The van der Waals surface area contributed by atoms with E-state index in [0.29, 0.717) is 0 Å². The molecule has 4 nitrogen and oxygen atoms in total. The minimum absolute atomic E-state index is 0.839. The molecule has 0 N–H and O–H groups in total. The molecule has 4 heteroatoms. The largest absolute Gasteiger partial charge is 0.307 e. The van der Waals surface area contributed by atoms with E-state index in [0.717, 1.165) is 23.4 Å². The first-order valence-corrected chi connectivity index (χ1v) is 7.67. The monoisotopic (exact) mass is 303 g/mol. The van der Waals surface area contributed by atoms with E-state index in [-0.39, 0.29) is 0 Å². The van der Waals surface area contributed by atoms with Crippen LogP contribution >= 0.6 is 0 Å². The predicted octanol–water partition coefficient (Wildman–Crippen LogP) is 3.10. The van der Waals surface area contributed by atoms with Crippen LogP contribution in [0.25, 0.3) is 0 Å². The zero-order chi connectivity index (χ0) is 15.9. The van der Waals surface area contributed by atoms with Gasteiger partial charge in [0.15, 0.2) is 12.4 Å². The van der Waals surface area contributed by atoms with Gasteiger partial charge in [-0.2, -0.15) is 0 Å². The quantitative estimate of drug-likeness (QED) is 0.513. The molecule has 1 heterocycles. The van der Waals surface area contributed by atoms with E-state index in [2.05, 4.69) is 17.1 Å². The van der Waals surface area contributed by atoms with Gasteiger partial charge < -0.3 is 0 Å². The van der Waals surface area contributed by atoms with Crippen LogP contribution in [0.2, 0.25) is 0 Å². The highest BCUT2D eigenvalue weighted by atomic mass is 15.5. The Kier molecular flexibility index (Phi) is 4.74. The molecule has 0 atom stereocenters. The topological polar surface area (TPSA) is 33.5 Å². The molecule has 1 aromatic heterocycles. The van der Waals surface area contributed by atoms with Crippen LogP contribution in [0.4, 0.5) is 0 Å². The van der Waals surface area contributed by atoms with Gasteiger partial charge in [0.2, 0.25) is 0 Å². The number of aromatic nitrogens is 2. The molecule has 0 amide bonds. The fraction of sp³-hybridized carbons (Fsp3) is 0.105. The summed E-state index contributed by atoms with van der Waals surface area (Å²) in [5.74, 6) is 1.02. The van der Waals surface area contributed by atoms with Crippen LogP contribution in [0.3, 0.4) is 0 Å². The van der Waals surface area contributed by atoms with Crippen LogP contribution < -0.4 is 4.68 Å². The summed E-state index contributed by atoms with van der Waals surface area (Å²) in [7, 11) is 0. The van der Waals surface area contributed by atoms with Gasteiger partial charge in [-0.1, -0.05) is 77.8 Å². The van der Waals surface area contributed by atoms with Gasteiger partial charge >= 0.3 is 5.82 Å². The lowest BCUT2D eigenvalue weighted by Gasteiger charge is -1.94. The van der Waals surface area contributed by atoms with Crippen molar-refractivity contribution in [2.75, 3.05) is 0 Å². The van der Waals surface area contributed by atoms with E-state index < -0.39 is 0 Å². The molecule has 3 aromatic rings. The number of benzene rings is 2. The van der Waals surface area contributed by atoms with E-state index >= 15 is 0 Å². The van der Waals surface area contributed by atoms with E-state index in [1.807, 2.05) is 94.8 Å². The average molecular weight is 303 g/mol. The van der Waals surface area contributed by atoms with Crippen molar-refractivity contribution in [3.05, 3.63) is 90.0 Å². The fourth-order valence-electron chi connectivity index (χ4n) is 2.27. The molecule has 0 saturated heterocycles. The number of hydrogen-bond donors (Lipinski definition) is 0. The maximum atomic E-state index is 4.52. The minimum Gasteiger partial charge on any atom is -0.103 e. The molecule has 23 heavy (non-hydrogen) atoms. The standard InChI is InChI=1S/C19H19N4/c1-2-19-22(20-15-17-9-5-3-6-10-17)13-14-23(19)21-16-18-11-7-4-8-12-18/h3-16H,2H2,1H3/q+1. The van der Waals surface area contributed by atoms with Gasteiger partial charge in [0.25, 0.3) is 0 Å². The lowest BCUT2D eigenvalue weighted by molar-refractivity contribution is -0.685. The third kappa shape index (κ3) is 3.80. The van der Waals surface area contributed by atoms with Gasteiger partial charge in [0.05, 0.1) is 18.9 Å². The Morgan fingerprint density at radius 2 is 1.52 bits per heavy atom. The van der Waals surface area contributed by atoms with Crippen LogP contribution in [-0.2, 0) is 6.42 Å². The Hall–Kier alpha value is -3.01. The van der Waals surface area contributed by atoms with E-state index in [9.17, 15) is 0 Å². The molecule has 0 bridgehead atoms. The number of hydrogen-bond acceptors (Lipinski definition) is 2. The van der Waals surface area contributed by atoms with Gasteiger partial charge in [-0.3, -0.25) is 0 Å². The van der Waals surface area contributed by atoms with Crippen molar-refractivity contribution < 1.29 is 4.68 Å². The Labute approximate surface area is 136 Å². The molecular formula is C19H19N4+. The van der Waals surface area contributed by atoms with Crippen molar-refractivity contribution in [3.63, 3.8) is 0 Å². The first-order chi connectivity index (χ1) is 11.4. The van der Waals surface area contributed by atoms with Crippen molar-refractivity contribution >= 4 is 12.4 Å². The molecule has 0 fully saturated rings. The van der Waals surface area contributed by atoms with Crippen LogP contribution in [-0.4, -0.2) is 17.1 Å². The minimum atomic E-state index is 0.839. The van der Waals surface area contributed by atoms with E-state index in [1.165, 1.54) is 0 Å². The molecular weight excluding hydrogens is 284 g/mol. The molecule has 0 unspecified atom stereocenters. The maximum absolute atomic E-state index is 4.52. The Bertz CT molecular complexity index is 735. The van der Waals surface area contributed by atoms with Crippen molar-refractivity contribution in [1.82, 2.24) is 4.68 Å². The third-order valence-corrected chi connectivity index (χ3v) is 3.46. The second-order valence-electron chi connectivity index (χ2n) is 5.07. The zero-order valence-electron chi connectivity index (χ0n) is 13.1. The highest BCUT2D eigenvalue weighted by Gasteiger charge is 2.14. The van der Waals surface area contributed by atoms with Crippen molar-refractivity contribution in [2.24, 2.45) is 10.2 Å². The summed E-state index contributed by atoms with van der Waals surface area (Å²) in [6.07, 6.45) is 8.38. The summed E-state index contributed by atoms with van der Waals surface area (Å²) in [6, 6.07) is 20.1. The van der Waals surface area contributed by atoms with Gasteiger partial charge in [0.1, 0.15) is 0 Å². The molecule has 0 radical (unpaired) electrons. The molecule has 0 aliphatic rings. The lowest BCUT2D eigenvalue weighted by Crippen LogP contribution is -2.31. The maximum Gasteiger partial charge on any atom is 0.307 e. The van der Waals surface area contributed by atoms with Crippen molar-refractivity contribution in [3.8, 4) is 0 Å². The highest BCUT2D eigenvalue weighted by Crippen LogP contribution is 2.00. The molecule has 3 rings (SSSR count). The second kappa shape index (κ2) is 7.31. The highest BCUT2D eigenvalue weighted by molar-refractivity contribution is 5.79. The number of nitrogens with zero attached hydrogens (tertiary/aromatic N) is 4. The Morgan fingerprint density at radius 1 is 0.913 bits per heavy atom. The summed E-state index contributed by atoms with van der Waals surface area (Å²) in [4.78, 5) is 0. The third-order valence-electron chi connectivity index (χ3n) is 3.46. The Balaban J connectivity index is 1.82. The number of rotatable bonds is 5. The summed E-state index contributed by atoms with van der Waals surface area (Å²) in [5, 5.41) is 9.04. The van der Waals surface area contributed by atoms with Gasteiger partial charge in [-0.25, -0.2) is 0 Å². The van der Waals surface area contributed by atoms with Crippen LogP contribution in [0.15, 0.2) is 83.3 Å². The zero-order valence-corrected chi connectivity index (χ0v) is 13.1. The summed E-state index contributed by atoms with van der Waals surface area (Å²) < 4.78 is 3.71. The molecule has 0 saturated carbocycles. The first-order valence-electron chi connectivity index (χ1n) is 7.67. The van der Waals surface area contributed by atoms with E-state index in [1.54, 1.807) is 0 Å². The normalized spacial score (nSPS) is 11.5. The first kappa shape index (κ1) is 14.9. The summed E-state index contributed by atoms with van der Waals surface area (Å²) in [5.41, 5.74) is 2.14. The average Bonchev–Trinajstić information content (AvgIpc) is 3.02. The Morgan fingerprint density at radius 3 is 2.13 bits per heavy atom. The van der Waals surface area contributed by atoms with Gasteiger partial charge in [-0.05, 0) is 11.1 Å². The smallest absolute Gasteiger partial charge is 0.103 e. The SMILES string of the molecule is CCc1n(N=Cc2ccccc2)cc[n+]1N=Cc1ccccc1. The predicted molar refractivity (Wildman–Crippen MR) is 92.9 cm³/mol. The van der Waals surface area contributed by atoms with E-state index in [4.69, 9.17) is 0 Å². The van der Waals surface area contributed by atoms with Gasteiger partial charge in [0, 0.05) is 0 Å². The van der Waals surface area contributed by atoms with Crippen molar-refractivity contribution in [2.45, 2.75) is 13.3 Å². The molecule has 0 spiro atoms. The van der Waals surface area contributed by atoms with Gasteiger partial charge in [-0.15, -0.1) is 9.35 Å². The lowest BCUT2D eigenvalue weighted by atomic mass is 10.2. The summed E-state index contributed by atoms with van der Waals surface area (Å²) >= 11 is 0. The molecule has 0 aliphatic heterocycles. The van der Waals surface area contributed by atoms with Crippen molar-refractivity contribution in [1.29, 1.82) is 0 Å². The van der Waals surface area contributed by atoms with Crippen LogP contribution in [0.5, 0.6) is 0 Å². The second-order valence-corrected chi connectivity index (χ2v) is 5.07. The number of imidazole rings is 1. The van der Waals surface area contributed by atoms with Crippen LogP contribution in [0.1, 0.15) is 23.9 Å². The molecule has 114 valence electrons. The fourth-order valence-corrected chi connectivity index (χ4v) is 2.27. The molecule has 2 aromatic carbocycles. The van der Waals surface area contributed by atoms with Crippen LogP contribution in [0, 0.1) is 0 Å². The summed E-state index contributed by atoms with van der Waals surface area (Å²) in [6.45, 7) is 2.10. The molecule has 0 aliphatic carbocycles.